The van der Waals surface area contributed by atoms with Gasteiger partial charge < -0.3 is 9.47 Å². The first-order chi connectivity index (χ1) is 9.19. The summed E-state index contributed by atoms with van der Waals surface area (Å²) in [7, 11) is 1.71. The van der Waals surface area contributed by atoms with Gasteiger partial charge in [-0.2, -0.15) is 0 Å². The fourth-order valence-electron chi connectivity index (χ4n) is 3.08. The molecule has 2 atom stereocenters. The largest absolute Gasteiger partial charge is 0.459 e. The first kappa shape index (κ1) is 14.8. The van der Waals surface area contributed by atoms with Crippen molar-refractivity contribution in [1.82, 2.24) is 4.90 Å². The summed E-state index contributed by atoms with van der Waals surface area (Å²) in [5, 5.41) is 0. The average Bonchev–Trinajstić information content (AvgIpc) is 2.42. The van der Waals surface area contributed by atoms with Crippen LogP contribution in [0.5, 0.6) is 0 Å². The van der Waals surface area contributed by atoms with Gasteiger partial charge in [-0.15, -0.1) is 0 Å². The Balaban J connectivity index is 1.74. The number of rotatable bonds is 4. The van der Waals surface area contributed by atoms with Crippen molar-refractivity contribution in [1.29, 1.82) is 0 Å². The predicted molar refractivity (Wildman–Crippen MR) is 74.0 cm³/mol. The maximum atomic E-state index is 12.0. The van der Waals surface area contributed by atoms with E-state index in [1.807, 2.05) is 0 Å². The van der Waals surface area contributed by atoms with Crippen molar-refractivity contribution in [3.05, 3.63) is 0 Å². The van der Waals surface area contributed by atoms with Gasteiger partial charge in [-0.25, -0.2) is 0 Å². The summed E-state index contributed by atoms with van der Waals surface area (Å²) >= 11 is 0. The van der Waals surface area contributed by atoms with Crippen molar-refractivity contribution in [2.24, 2.45) is 5.92 Å². The molecule has 1 aliphatic heterocycles. The van der Waals surface area contributed by atoms with Gasteiger partial charge >= 0.3 is 5.97 Å². The molecular formula is C15H27NO3. The van der Waals surface area contributed by atoms with E-state index in [0.717, 1.165) is 38.3 Å². The van der Waals surface area contributed by atoms with Gasteiger partial charge in [0.15, 0.2) is 0 Å². The number of nitrogens with zero attached hydrogens (tertiary/aromatic N) is 1. The number of carbonyl (C=O) groups is 1. The molecule has 1 saturated carbocycles. The van der Waals surface area contributed by atoms with Crippen LogP contribution in [0.25, 0.3) is 0 Å². The molecule has 2 aliphatic rings. The van der Waals surface area contributed by atoms with Crippen LogP contribution in [0.3, 0.4) is 0 Å². The molecule has 2 fully saturated rings. The number of hydrogen-bond donors (Lipinski definition) is 0. The van der Waals surface area contributed by atoms with E-state index in [1.165, 1.54) is 19.3 Å². The first-order valence-electron chi connectivity index (χ1n) is 7.63. The Kier molecular flexibility index (Phi) is 5.64. The highest BCUT2D eigenvalue weighted by Crippen LogP contribution is 2.23. The molecule has 0 amide bonds. The van der Waals surface area contributed by atoms with E-state index < -0.39 is 0 Å². The molecule has 1 aliphatic carbocycles. The monoisotopic (exact) mass is 269 g/mol. The second kappa shape index (κ2) is 7.25. The third-order valence-electron chi connectivity index (χ3n) is 4.46. The molecule has 0 aromatic carbocycles. The van der Waals surface area contributed by atoms with Crippen LogP contribution in [-0.2, 0) is 14.3 Å². The van der Waals surface area contributed by atoms with Crippen LogP contribution in [0.4, 0.5) is 0 Å². The van der Waals surface area contributed by atoms with Gasteiger partial charge in [0.1, 0.15) is 6.10 Å². The Morgan fingerprint density at radius 2 is 1.74 bits per heavy atom. The van der Waals surface area contributed by atoms with E-state index in [1.54, 1.807) is 7.11 Å². The standard InChI is InChI=1S/C15H27NO3/c1-12-7-9-16(10-8-12)11-15(17)19-14-6-4-3-5-13(14)18-2/h12-14H,3-11H2,1-2H3/t13-,14+/m1/s1. The van der Waals surface area contributed by atoms with Crippen molar-refractivity contribution >= 4 is 5.97 Å². The molecular weight excluding hydrogens is 242 g/mol. The lowest BCUT2D eigenvalue weighted by molar-refractivity contribution is -0.160. The van der Waals surface area contributed by atoms with Crippen LogP contribution in [0.2, 0.25) is 0 Å². The topological polar surface area (TPSA) is 38.8 Å². The van der Waals surface area contributed by atoms with E-state index in [4.69, 9.17) is 9.47 Å². The van der Waals surface area contributed by atoms with Crippen LogP contribution < -0.4 is 0 Å². The molecule has 0 N–H and O–H groups in total. The third kappa shape index (κ3) is 4.46. The highest BCUT2D eigenvalue weighted by Gasteiger charge is 2.29. The molecule has 4 nitrogen and oxygen atoms in total. The van der Waals surface area contributed by atoms with Gasteiger partial charge in [0.25, 0.3) is 0 Å². The Hall–Kier alpha value is -0.610. The Bertz CT molecular complexity index is 287. The second-order valence-electron chi connectivity index (χ2n) is 6.05. The van der Waals surface area contributed by atoms with Crippen LogP contribution in [0.1, 0.15) is 45.4 Å². The van der Waals surface area contributed by atoms with E-state index in [2.05, 4.69) is 11.8 Å². The van der Waals surface area contributed by atoms with E-state index >= 15 is 0 Å². The lowest BCUT2D eigenvalue weighted by Gasteiger charge is -2.32. The summed E-state index contributed by atoms with van der Waals surface area (Å²) in [5.41, 5.74) is 0. The molecule has 4 heteroatoms. The van der Waals surface area contributed by atoms with Crippen LogP contribution in [0, 0.1) is 5.92 Å². The van der Waals surface area contributed by atoms with Gasteiger partial charge in [0.05, 0.1) is 12.6 Å². The van der Waals surface area contributed by atoms with Crippen molar-refractivity contribution in [3.8, 4) is 0 Å². The highest BCUT2D eigenvalue weighted by molar-refractivity contribution is 5.72. The number of esters is 1. The zero-order valence-corrected chi connectivity index (χ0v) is 12.3. The van der Waals surface area contributed by atoms with Crippen molar-refractivity contribution in [3.63, 3.8) is 0 Å². The quantitative estimate of drug-likeness (QED) is 0.734. The van der Waals surface area contributed by atoms with Gasteiger partial charge in [0, 0.05) is 7.11 Å². The Labute approximate surface area is 116 Å². The van der Waals surface area contributed by atoms with E-state index in [-0.39, 0.29) is 18.2 Å². The molecule has 0 aromatic heterocycles. The maximum Gasteiger partial charge on any atom is 0.320 e. The van der Waals surface area contributed by atoms with Gasteiger partial charge in [-0.3, -0.25) is 9.69 Å². The van der Waals surface area contributed by atoms with Crippen molar-refractivity contribution < 1.29 is 14.3 Å². The molecule has 1 heterocycles. The summed E-state index contributed by atoms with van der Waals surface area (Å²) in [6, 6.07) is 0. The summed E-state index contributed by atoms with van der Waals surface area (Å²) in [5.74, 6) is 0.715. The zero-order chi connectivity index (χ0) is 13.7. The smallest absolute Gasteiger partial charge is 0.320 e. The third-order valence-corrected chi connectivity index (χ3v) is 4.46. The molecule has 0 radical (unpaired) electrons. The Morgan fingerprint density at radius 1 is 1.11 bits per heavy atom. The molecule has 2 rings (SSSR count). The Morgan fingerprint density at radius 3 is 2.37 bits per heavy atom. The molecule has 0 spiro atoms. The molecule has 0 aromatic rings. The maximum absolute atomic E-state index is 12.0. The zero-order valence-electron chi connectivity index (χ0n) is 12.3. The fraction of sp³-hybridized carbons (Fsp3) is 0.933. The summed E-state index contributed by atoms with van der Waals surface area (Å²) in [4.78, 5) is 14.2. The minimum atomic E-state index is -0.0801. The number of likely N-dealkylation sites (tertiary alicyclic amines) is 1. The van der Waals surface area contributed by atoms with E-state index in [0.29, 0.717) is 6.54 Å². The summed E-state index contributed by atoms with van der Waals surface area (Å²) in [6.45, 7) is 4.77. The number of ether oxygens (including phenoxy) is 2. The normalized spacial score (nSPS) is 30.2. The van der Waals surface area contributed by atoms with Gasteiger partial charge in [0.2, 0.25) is 0 Å². The predicted octanol–water partition coefficient (Wildman–Crippen LogP) is 2.22. The molecule has 0 bridgehead atoms. The molecule has 0 unspecified atom stereocenters. The molecule has 110 valence electrons. The summed E-state index contributed by atoms with van der Waals surface area (Å²) < 4.78 is 11.0. The minimum Gasteiger partial charge on any atom is -0.459 e. The SMILES string of the molecule is CO[C@@H]1CCCC[C@@H]1OC(=O)CN1CCC(C)CC1. The fourth-order valence-corrected chi connectivity index (χ4v) is 3.08. The minimum absolute atomic E-state index is 0.0324. The first-order valence-corrected chi connectivity index (χ1v) is 7.63. The van der Waals surface area contributed by atoms with Gasteiger partial charge in [-0.1, -0.05) is 13.3 Å². The van der Waals surface area contributed by atoms with Crippen LogP contribution in [0.15, 0.2) is 0 Å². The molecule has 19 heavy (non-hydrogen) atoms. The van der Waals surface area contributed by atoms with Crippen molar-refractivity contribution in [2.45, 2.75) is 57.7 Å². The number of piperidine rings is 1. The van der Waals surface area contributed by atoms with E-state index in [9.17, 15) is 4.79 Å². The number of methoxy groups -OCH3 is 1. The van der Waals surface area contributed by atoms with Crippen molar-refractivity contribution in [2.75, 3.05) is 26.7 Å². The van der Waals surface area contributed by atoms with Crippen LogP contribution >= 0.6 is 0 Å². The average molecular weight is 269 g/mol. The van der Waals surface area contributed by atoms with Crippen LogP contribution in [-0.4, -0.2) is 49.8 Å². The second-order valence-corrected chi connectivity index (χ2v) is 6.05. The number of carbonyl (C=O) groups excluding carboxylic acids is 1. The lowest BCUT2D eigenvalue weighted by atomic mass is 9.94. The lowest BCUT2D eigenvalue weighted by Crippen LogP contribution is -2.41. The molecule has 1 saturated heterocycles. The summed E-state index contributed by atoms with van der Waals surface area (Å²) in [6.07, 6.45) is 6.72. The number of hydrogen-bond acceptors (Lipinski definition) is 4. The van der Waals surface area contributed by atoms with Gasteiger partial charge in [-0.05, 0) is 51.1 Å². The highest BCUT2D eigenvalue weighted by atomic mass is 16.6.